The molecule has 0 aromatic heterocycles. The summed E-state index contributed by atoms with van der Waals surface area (Å²) in [6.07, 6.45) is 0.717. The molecule has 0 spiro atoms. The Labute approximate surface area is 98.2 Å². The van der Waals surface area contributed by atoms with Gasteiger partial charge in [-0.2, -0.15) is 11.8 Å². The highest BCUT2D eigenvalue weighted by Gasteiger charge is 2.15. The smallest absolute Gasteiger partial charge is 0.327 e. The molecule has 0 aliphatic heterocycles. The standard InChI is InChI=1S/C9H16N2O4S/c1-2-10-8(13)3-4-16-5-7(9(14)15)11-6-12/h6-7H,2-5H2,1H3,(H,10,13)(H,11,12)(H,14,15). The van der Waals surface area contributed by atoms with Gasteiger partial charge in [0.15, 0.2) is 0 Å². The fourth-order valence-electron chi connectivity index (χ4n) is 0.924. The molecule has 2 amide bonds. The molecule has 0 rings (SSSR count). The van der Waals surface area contributed by atoms with Crippen LogP contribution in [0.4, 0.5) is 0 Å². The van der Waals surface area contributed by atoms with E-state index in [-0.39, 0.29) is 11.7 Å². The lowest BCUT2D eigenvalue weighted by molar-refractivity contribution is -0.139. The molecule has 0 aromatic carbocycles. The SMILES string of the molecule is CCNC(=O)CCSCC(NC=O)C(=O)O. The number of carbonyl (C=O) groups excluding carboxylic acids is 2. The summed E-state index contributed by atoms with van der Waals surface area (Å²) in [6.45, 7) is 2.42. The van der Waals surface area contributed by atoms with Gasteiger partial charge in [-0.15, -0.1) is 0 Å². The summed E-state index contributed by atoms with van der Waals surface area (Å²) in [5, 5.41) is 13.5. The van der Waals surface area contributed by atoms with Crippen LogP contribution in [-0.4, -0.2) is 47.5 Å². The number of hydrogen-bond acceptors (Lipinski definition) is 4. The van der Waals surface area contributed by atoms with Gasteiger partial charge in [0.1, 0.15) is 6.04 Å². The van der Waals surface area contributed by atoms with Gasteiger partial charge in [-0.05, 0) is 6.92 Å². The summed E-state index contributed by atoms with van der Waals surface area (Å²) in [5.41, 5.74) is 0. The Morgan fingerprint density at radius 1 is 1.50 bits per heavy atom. The molecule has 92 valence electrons. The Morgan fingerprint density at radius 2 is 2.19 bits per heavy atom. The second-order valence-corrected chi connectivity index (χ2v) is 4.10. The second kappa shape index (κ2) is 9.02. The van der Waals surface area contributed by atoms with Crippen LogP contribution in [0.15, 0.2) is 0 Å². The van der Waals surface area contributed by atoms with Crippen molar-refractivity contribution >= 4 is 30.0 Å². The zero-order valence-corrected chi connectivity index (χ0v) is 9.88. The van der Waals surface area contributed by atoms with Crippen LogP contribution in [0.1, 0.15) is 13.3 Å². The van der Waals surface area contributed by atoms with Crippen molar-refractivity contribution in [1.29, 1.82) is 0 Å². The van der Waals surface area contributed by atoms with E-state index in [9.17, 15) is 14.4 Å². The molecule has 16 heavy (non-hydrogen) atoms. The maximum atomic E-state index is 11.0. The summed E-state index contributed by atoms with van der Waals surface area (Å²) in [5.74, 6) is -0.327. The van der Waals surface area contributed by atoms with Gasteiger partial charge in [0, 0.05) is 24.5 Å². The lowest BCUT2D eigenvalue weighted by Gasteiger charge is -2.10. The Bertz CT molecular complexity index is 248. The van der Waals surface area contributed by atoms with Crippen molar-refractivity contribution in [2.24, 2.45) is 0 Å². The van der Waals surface area contributed by atoms with E-state index in [1.54, 1.807) is 0 Å². The van der Waals surface area contributed by atoms with Crippen LogP contribution in [0.25, 0.3) is 0 Å². The lowest BCUT2D eigenvalue weighted by Crippen LogP contribution is -2.38. The van der Waals surface area contributed by atoms with E-state index in [1.807, 2.05) is 6.92 Å². The van der Waals surface area contributed by atoms with E-state index < -0.39 is 12.0 Å². The quantitative estimate of drug-likeness (QED) is 0.376. The van der Waals surface area contributed by atoms with Crippen LogP contribution in [0.3, 0.4) is 0 Å². The first-order valence-corrected chi connectivity index (χ1v) is 6.04. The van der Waals surface area contributed by atoms with E-state index in [2.05, 4.69) is 10.6 Å². The summed E-state index contributed by atoms with van der Waals surface area (Å²) in [4.78, 5) is 31.7. The third-order valence-corrected chi connectivity index (χ3v) is 2.76. The molecular weight excluding hydrogens is 232 g/mol. The van der Waals surface area contributed by atoms with Gasteiger partial charge in [0.25, 0.3) is 0 Å². The summed E-state index contributed by atoms with van der Waals surface area (Å²) >= 11 is 1.32. The third-order valence-electron chi connectivity index (χ3n) is 1.70. The van der Waals surface area contributed by atoms with Gasteiger partial charge in [0.2, 0.25) is 12.3 Å². The van der Waals surface area contributed by atoms with Gasteiger partial charge >= 0.3 is 5.97 Å². The summed E-state index contributed by atoms with van der Waals surface area (Å²) in [7, 11) is 0. The monoisotopic (exact) mass is 248 g/mol. The van der Waals surface area contributed by atoms with Crippen LogP contribution in [0.5, 0.6) is 0 Å². The van der Waals surface area contributed by atoms with Crippen molar-refractivity contribution in [2.45, 2.75) is 19.4 Å². The molecule has 1 atom stereocenters. The van der Waals surface area contributed by atoms with Crippen molar-refractivity contribution < 1.29 is 19.5 Å². The Morgan fingerprint density at radius 3 is 2.69 bits per heavy atom. The van der Waals surface area contributed by atoms with E-state index in [4.69, 9.17) is 5.11 Å². The van der Waals surface area contributed by atoms with Gasteiger partial charge in [-0.25, -0.2) is 4.79 Å². The number of aliphatic carboxylic acids is 1. The number of carbonyl (C=O) groups is 3. The number of carboxylic acid groups (broad SMARTS) is 1. The summed E-state index contributed by atoms with van der Waals surface area (Å²) in [6, 6.07) is -0.892. The van der Waals surface area contributed by atoms with Crippen LogP contribution in [0, 0.1) is 0 Å². The molecule has 0 aliphatic carbocycles. The van der Waals surface area contributed by atoms with Gasteiger partial charge in [-0.3, -0.25) is 9.59 Å². The minimum Gasteiger partial charge on any atom is -0.480 e. The zero-order chi connectivity index (χ0) is 12.4. The average Bonchev–Trinajstić information content (AvgIpc) is 2.22. The van der Waals surface area contributed by atoms with Crippen molar-refractivity contribution in [3.8, 4) is 0 Å². The highest BCUT2D eigenvalue weighted by Crippen LogP contribution is 2.05. The third kappa shape index (κ3) is 7.10. The van der Waals surface area contributed by atoms with Crippen LogP contribution >= 0.6 is 11.8 Å². The zero-order valence-electron chi connectivity index (χ0n) is 9.06. The molecular formula is C9H16N2O4S. The second-order valence-electron chi connectivity index (χ2n) is 2.95. The van der Waals surface area contributed by atoms with Gasteiger partial charge < -0.3 is 15.7 Å². The lowest BCUT2D eigenvalue weighted by atomic mass is 10.3. The number of carboxylic acids is 1. The predicted molar refractivity (Wildman–Crippen MR) is 61.2 cm³/mol. The van der Waals surface area contributed by atoms with Crippen molar-refractivity contribution in [3.63, 3.8) is 0 Å². The normalized spacial score (nSPS) is 11.6. The highest BCUT2D eigenvalue weighted by atomic mass is 32.2. The van der Waals surface area contributed by atoms with Crippen molar-refractivity contribution in [1.82, 2.24) is 10.6 Å². The minimum atomic E-state index is -1.07. The van der Waals surface area contributed by atoms with E-state index in [1.165, 1.54) is 11.8 Å². The molecule has 7 heteroatoms. The van der Waals surface area contributed by atoms with Crippen molar-refractivity contribution in [2.75, 3.05) is 18.1 Å². The molecule has 0 heterocycles. The molecule has 0 saturated carbocycles. The molecule has 0 bridgehead atoms. The van der Waals surface area contributed by atoms with Crippen LogP contribution < -0.4 is 10.6 Å². The molecule has 0 saturated heterocycles. The average molecular weight is 248 g/mol. The largest absolute Gasteiger partial charge is 0.480 e. The molecule has 6 nitrogen and oxygen atoms in total. The molecule has 0 aliphatic rings. The van der Waals surface area contributed by atoms with Crippen molar-refractivity contribution in [3.05, 3.63) is 0 Å². The van der Waals surface area contributed by atoms with Gasteiger partial charge in [0.05, 0.1) is 0 Å². The topological polar surface area (TPSA) is 95.5 Å². The molecule has 0 aromatic rings. The first kappa shape index (κ1) is 14.8. The minimum absolute atomic E-state index is 0.0507. The van der Waals surface area contributed by atoms with E-state index in [0.29, 0.717) is 25.1 Å². The highest BCUT2D eigenvalue weighted by molar-refractivity contribution is 7.99. The first-order chi connectivity index (χ1) is 7.61. The fourth-order valence-corrected chi connectivity index (χ4v) is 1.90. The Balaban J connectivity index is 3.65. The molecule has 0 radical (unpaired) electrons. The summed E-state index contributed by atoms with van der Waals surface area (Å²) < 4.78 is 0. The molecule has 1 unspecified atom stereocenters. The Hall–Kier alpha value is -1.24. The van der Waals surface area contributed by atoms with E-state index >= 15 is 0 Å². The first-order valence-electron chi connectivity index (χ1n) is 4.88. The number of nitrogens with one attached hydrogen (secondary N) is 2. The molecule has 0 fully saturated rings. The van der Waals surface area contributed by atoms with Gasteiger partial charge in [-0.1, -0.05) is 0 Å². The predicted octanol–water partition coefficient (Wildman–Crippen LogP) is -0.555. The number of amides is 2. The maximum Gasteiger partial charge on any atom is 0.327 e. The Kier molecular flexibility index (Phi) is 8.32. The number of hydrogen-bond donors (Lipinski definition) is 3. The molecule has 3 N–H and O–H groups in total. The van der Waals surface area contributed by atoms with E-state index in [0.717, 1.165) is 0 Å². The van der Waals surface area contributed by atoms with Crippen LogP contribution in [0.2, 0.25) is 0 Å². The fraction of sp³-hybridized carbons (Fsp3) is 0.667. The maximum absolute atomic E-state index is 11.0. The number of thioether (sulfide) groups is 1. The van der Waals surface area contributed by atoms with Crippen LogP contribution in [-0.2, 0) is 14.4 Å². The number of rotatable bonds is 9.